The highest BCUT2D eigenvalue weighted by Gasteiger charge is 2.10. The summed E-state index contributed by atoms with van der Waals surface area (Å²) in [6.45, 7) is 2.17. The van der Waals surface area contributed by atoms with Gasteiger partial charge in [-0.2, -0.15) is 0 Å². The van der Waals surface area contributed by atoms with Crippen LogP contribution in [0.25, 0.3) is 0 Å². The Morgan fingerprint density at radius 3 is 2.14 bits per heavy atom. The molecule has 0 spiro atoms. The van der Waals surface area contributed by atoms with Crippen molar-refractivity contribution in [2.45, 2.75) is 6.92 Å². The summed E-state index contributed by atoms with van der Waals surface area (Å²) in [6, 6.07) is 8.76. The van der Waals surface area contributed by atoms with Gasteiger partial charge in [0.2, 0.25) is 5.91 Å². The second kappa shape index (κ2) is 6.91. The number of aryl methyl sites for hydroxylation is 1. The van der Waals surface area contributed by atoms with E-state index in [9.17, 15) is 9.59 Å². The maximum atomic E-state index is 12.1. The van der Waals surface area contributed by atoms with E-state index in [1.54, 1.807) is 41.4 Å². The number of nitrogens with one attached hydrogen (secondary N) is 3. The maximum Gasteiger partial charge on any atom is 0.257 e. The third kappa shape index (κ3) is 4.20. The van der Waals surface area contributed by atoms with Crippen LogP contribution in [0.1, 0.15) is 16.1 Å². The molecule has 2 aromatic rings. The maximum absolute atomic E-state index is 12.1. The highest BCUT2D eigenvalue weighted by molar-refractivity contribution is 6.05. The van der Waals surface area contributed by atoms with Crippen LogP contribution in [-0.2, 0) is 4.79 Å². The van der Waals surface area contributed by atoms with Crippen LogP contribution >= 0.6 is 0 Å². The Bertz CT molecular complexity index is 659. The molecule has 0 atom stereocenters. The van der Waals surface area contributed by atoms with Crippen molar-refractivity contribution in [2.75, 3.05) is 31.3 Å². The third-order valence-corrected chi connectivity index (χ3v) is 3.08. The highest BCUT2D eigenvalue weighted by Crippen LogP contribution is 2.15. The quantitative estimate of drug-likeness (QED) is 0.791. The fourth-order valence-electron chi connectivity index (χ4n) is 2.02. The van der Waals surface area contributed by atoms with E-state index >= 15 is 0 Å². The summed E-state index contributed by atoms with van der Waals surface area (Å²) >= 11 is 0. The molecule has 0 radical (unpaired) electrons. The second-order valence-corrected chi connectivity index (χ2v) is 5.33. The van der Waals surface area contributed by atoms with Crippen molar-refractivity contribution in [3.05, 3.63) is 47.8 Å². The van der Waals surface area contributed by atoms with Gasteiger partial charge in [-0.15, -0.1) is 0 Å². The van der Waals surface area contributed by atoms with E-state index < -0.39 is 0 Å². The Balaban J connectivity index is 1.96. The summed E-state index contributed by atoms with van der Waals surface area (Å²) in [5, 5.41) is 5.61. The summed E-state index contributed by atoms with van der Waals surface area (Å²) in [7, 11) is 3.67. The number of likely N-dealkylation sites (N-methyl/N-ethyl adjacent to an activating group) is 1. The topological polar surface area (TPSA) is 77.2 Å². The Labute approximate surface area is 129 Å². The number of carbonyl (C=O) groups is 2. The Kier molecular flexibility index (Phi) is 4.95. The molecule has 2 rings (SSSR count). The first kappa shape index (κ1) is 15.8. The normalized spacial score (nSPS) is 10.5. The van der Waals surface area contributed by atoms with Gasteiger partial charge < -0.3 is 20.5 Å². The average molecular weight is 300 g/mol. The first-order chi connectivity index (χ1) is 10.5. The molecule has 0 saturated carbocycles. The molecule has 0 fully saturated rings. The Hall–Kier alpha value is -2.60. The SMILES string of the molecule is Cc1[nH]ccc1C(=O)Nc1ccc(NC(=O)CN(C)C)cc1. The van der Waals surface area contributed by atoms with Crippen LogP contribution in [0.15, 0.2) is 36.5 Å². The number of aromatic nitrogens is 1. The summed E-state index contributed by atoms with van der Waals surface area (Å²) < 4.78 is 0. The summed E-state index contributed by atoms with van der Waals surface area (Å²) in [5.74, 6) is -0.243. The van der Waals surface area contributed by atoms with Crippen LogP contribution in [0.4, 0.5) is 11.4 Å². The fraction of sp³-hybridized carbons (Fsp3) is 0.250. The lowest BCUT2D eigenvalue weighted by atomic mass is 10.2. The number of hydrogen-bond donors (Lipinski definition) is 3. The van der Waals surface area contributed by atoms with Crippen LogP contribution in [0.5, 0.6) is 0 Å². The minimum atomic E-state index is -0.164. The number of rotatable bonds is 5. The zero-order valence-electron chi connectivity index (χ0n) is 12.9. The van der Waals surface area contributed by atoms with Crippen LogP contribution < -0.4 is 10.6 Å². The zero-order chi connectivity index (χ0) is 16.1. The average Bonchev–Trinajstić information content (AvgIpc) is 2.86. The number of anilines is 2. The van der Waals surface area contributed by atoms with Crippen molar-refractivity contribution in [2.24, 2.45) is 0 Å². The molecule has 1 aromatic heterocycles. The minimum absolute atomic E-state index is 0.0790. The number of benzene rings is 1. The van der Waals surface area contributed by atoms with Crippen molar-refractivity contribution in [1.29, 1.82) is 0 Å². The molecule has 1 heterocycles. The molecule has 2 amide bonds. The number of H-pyrrole nitrogens is 1. The molecule has 0 saturated heterocycles. The molecule has 1 aromatic carbocycles. The predicted octanol–water partition coefficient (Wildman–Crippen LogP) is 2.08. The first-order valence-corrected chi connectivity index (χ1v) is 6.95. The first-order valence-electron chi connectivity index (χ1n) is 6.95. The molecule has 0 aliphatic heterocycles. The summed E-state index contributed by atoms with van der Waals surface area (Å²) in [6.07, 6.45) is 1.73. The summed E-state index contributed by atoms with van der Waals surface area (Å²) in [4.78, 5) is 28.5. The van der Waals surface area contributed by atoms with Crippen LogP contribution in [0.3, 0.4) is 0 Å². The van der Waals surface area contributed by atoms with Gasteiger partial charge in [-0.25, -0.2) is 0 Å². The Morgan fingerprint density at radius 1 is 1.05 bits per heavy atom. The van der Waals surface area contributed by atoms with E-state index in [-0.39, 0.29) is 11.8 Å². The van der Waals surface area contributed by atoms with Gasteiger partial charge in [-0.1, -0.05) is 0 Å². The smallest absolute Gasteiger partial charge is 0.257 e. The minimum Gasteiger partial charge on any atom is -0.365 e. The Morgan fingerprint density at radius 2 is 1.64 bits per heavy atom. The van der Waals surface area contributed by atoms with Crippen LogP contribution in [-0.4, -0.2) is 42.3 Å². The van der Waals surface area contributed by atoms with Gasteiger partial charge >= 0.3 is 0 Å². The predicted molar refractivity (Wildman–Crippen MR) is 87.1 cm³/mol. The molecule has 0 bridgehead atoms. The standard InChI is InChI=1S/C16H20N4O2/c1-11-14(8-9-17-11)16(22)19-13-6-4-12(5-7-13)18-15(21)10-20(2)3/h4-9,17H,10H2,1-3H3,(H,18,21)(H,19,22). The number of amides is 2. The fourth-order valence-corrected chi connectivity index (χ4v) is 2.02. The van der Waals surface area contributed by atoms with Gasteiger partial charge in [0.25, 0.3) is 5.91 Å². The van der Waals surface area contributed by atoms with Crippen molar-refractivity contribution >= 4 is 23.2 Å². The largest absolute Gasteiger partial charge is 0.365 e. The molecule has 116 valence electrons. The molecule has 3 N–H and O–H groups in total. The van der Waals surface area contributed by atoms with Crippen molar-refractivity contribution in [1.82, 2.24) is 9.88 Å². The lowest BCUT2D eigenvalue weighted by Gasteiger charge is -2.11. The monoisotopic (exact) mass is 300 g/mol. The second-order valence-electron chi connectivity index (χ2n) is 5.33. The molecule has 0 aliphatic carbocycles. The van der Waals surface area contributed by atoms with E-state index in [4.69, 9.17) is 0 Å². The van der Waals surface area contributed by atoms with E-state index in [1.807, 2.05) is 21.0 Å². The lowest BCUT2D eigenvalue weighted by molar-refractivity contribution is -0.116. The number of nitrogens with zero attached hydrogens (tertiary/aromatic N) is 1. The molecule has 22 heavy (non-hydrogen) atoms. The van der Waals surface area contributed by atoms with Crippen molar-refractivity contribution in [3.63, 3.8) is 0 Å². The van der Waals surface area contributed by atoms with Gasteiger partial charge in [-0.05, 0) is 51.4 Å². The molecule has 0 aliphatic rings. The number of carbonyl (C=O) groups excluding carboxylic acids is 2. The highest BCUT2D eigenvalue weighted by atomic mass is 16.2. The molecular formula is C16H20N4O2. The number of aromatic amines is 1. The van der Waals surface area contributed by atoms with E-state index in [0.717, 1.165) is 5.69 Å². The number of hydrogen-bond acceptors (Lipinski definition) is 3. The molecular weight excluding hydrogens is 280 g/mol. The van der Waals surface area contributed by atoms with E-state index in [1.165, 1.54) is 0 Å². The van der Waals surface area contributed by atoms with Crippen molar-refractivity contribution < 1.29 is 9.59 Å². The third-order valence-electron chi connectivity index (χ3n) is 3.08. The van der Waals surface area contributed by atoms with Gasteiger partial charge in [0.15, 0.2) is 0 Å². The molecule has 6 heteroatoms. The van der Waals surface area contributed by atoms with Gasteiger partial charge in [-0.3, -0.25) is 9.59 Å². The van der Waals surface area contributed by atoms with Gasteiger partial charge in [0, 0.05) is 23.3 Å². The van der Waals surface area contributed by atoms with Crippen LogP contribution in [0.2, 0.25) is 0 Å². The molecule has 6 nitrogen and oxygen atoms in total. The lowest BCUT2D eigenvalue weighted by Crippen LogP contribution is -2.27. The zero-order valence-corrected chi connectivity index (χ0v) is 12.9. The van der Waals surface area contributed by atoms with Crippen molar-refractivity contribution in [3.8, 4) is 0 Å². The van der Waals surface area contributed by atoms with Gasteiger partial charge in [0.1, 0.15) is 0 Å². The van der Waals surface area contributed by atoms with E-state index in [0.29, 0.717) is 23.5 Å². The molecule has 0 unspecified atom stereocenters. The summed E-state index contributed by atoms with van der Waals surface area (Å²) in [5.41, 5.74) is 2.81. The van der Waals surface area contributed by atoms with E-state index in [2.05, 4.69) is 15.6 Å². The van der Waals surface area contributed by atoms with Crippen LogP contribution in [0, 0.1) is 6.92 Å². The van der Waals surface area contributed by atoms with Gasteiger partial charge in [0.05, 0.1) is 12.1 Å².